The van der Waals surface area contributed by atoms with Crippen LogP contribution in [0.25, 0.3) is 0 Å². The fourth-order valence-corrected chi connectivity index (χ4v) is 3.73. The molecule has 0 aromatic rings. The highest BCUT2D eigenvalue weighted by Crippen LogP contribution is 2.21. The van der Waals surface area contributed by atoms with E-state index in [1.54, 1.807) is 0 Å². The van der Waals surface area contributed by atoms with Crippen LogP contribution in [0, 0.1) is 5.92 Å². The average Bonchev–Trinajstić information content (AvgIpc) is 2.71. The molecule has 1 N–H and O–H groups in total. The summed E-state index contributed by atoms with van der Waals surface area (Å²) >= 11 is 0. The Bertz CT molecular complexity index is 371. The third-order valence-corrected chi connectivity index (χ3v) is 5.67. The predicted octanol–water partition coefficient (Wildman–Crippen LogP) is 6.77. The monoisotopic (exact) mass is 412 g/mol. The SMILES string of the molecule is CCCCCC(CCCCC)CCOC(=O)CCCCCCCC(=O)CCCO. The van der Waals surface area contributed by atoms with Crippen LogP contribution in [-0.2, 0) is 14.3 Å². The van der Waals surface area contributed by atoms with Gasteiger partial charge in [0.15, 0.2) is 0 Å². The lowest BCUT2D eigenvalue weighted by Crippen LogP contribution is -2.10. The summed E-state index contributed by atoms with van der Waals surface area (Å²) in [6.07, 6.45) is 18.5. The number of Topliss-reactive ketones (excluding diaryl/α,β-unsaturated/α-hetero) is 1. The van der Waals surface area contributed by atoms with Crippen LogP contribution < -0.4 is 0 Å². The van der Waals surface area contributed by atoms with Gasteiger partial charge in [0.1, 0.15) is 5.78 Å². The number of carbonyl (C=O) groups excluding carboxylic acids is 2. The highest BCUT2D eigenvalue weighted by Gasteiger charge is 2.10. The normalized spacial score (nSPS) is 11.2. The smallest absolute Gasteiger partial charge is 0.305 e. The first kappa shape index (κ1) is 28.1. The number of aliphatic hydroxyl groups excluding tert-OH is 1. The number of aliphatic hydroxyl groups is 1. The molecule has 0 amide bonds. The van der Waals surface area contributed by atoms with Crippen LogP contribution in [0.1, 0.15) is 129 Å². The molecule has 0 unspecified atom stereocenters. The van der Waals surface area contributed by atoms with E-state index in [9.17, 15) is 9.59 Å². The molecule has 29 heavy (non-hydrogen) atoms. The molecule has 0 radical (unpaired) electrons. The second-order valence-electron chi connectivity index (χ2n) is 8.50. The minimum atomic E-state index is -0.0509. The van der Waals surface area contributed by atoms with E-state index in [1.165, 1.54) is 51.4 Å². The fourth-order valence-electron chi connectivity index (χ4n) is 3.73. The number of carbonyl (C=O) groups is 2. The first-order valence-electron chi connectivity index (χ1n) is 12.4. The highest BCUT2D eigenvalue weighted by atomic mass is 16.5. The molecule has 0 aliphatic rings. The number of ketones is 1. The van der Waals surface area contributed by atoms with Crippen molar-refractivity contribution in [3.05, 3.63) is 0 Å². The first-order valence-corrected chi connectivity index (χ1v) is 12.4. The molecule has 0 saturated carbocycles. The Labute approximate surface area is 180 Å². The largest absolute Gasteiger partial charge is 0.466 e. The van der Waals surface area contributed by atoms with Gasteiger partial charge in [-0.25, -0.2) is 0 Å². The van der Waals surface area contributed by atoms with E-state index < -0.39 is 0 Å². The minimum Gasteiger partial charge on any atom is -0.466 e. The Morgan fingerprint density at radius 1 is 0.690 bits per heavy atom. The summed E-state index contributed by atoms with van der Waals surface area (Å²) in [5.74, 6) is 0.913. The van der Waals surface area contributed by atoms with Crippen molar-refractivity contribution >= 4 is 11.8 Å². The minimum absolute atomic E-state index is 0.0509. The maximum Gasteiger partial charge on any atom is 0.305 e. The maximum absolute atomic E-state index is 11.9. The van der Waals surface area contributed by atoms with E-state index in [-0.39, 0.29) is 18.4 Å². The Morgan fingerprint density at radius 2 is 1.24 bits per heavy atom. The molecule has 0 aliphatic heterocycles. The molecule has 0 bridgehead atoms. The van der Waals surface area contributed by atoms with Gasteiger partial charge < -0.3 is 9.84 Å². The molecule has 0 aromatic carbocycles. The Kier molecular flexibility index (Phi) is 21.1. The van der Waals surface area contributed by atoms with E-state index >= 15 is 0 Å². The van der Waals surface area contributed by atoms with Gasteiger partial charge in [-0.15, -0.1) is 0 Å². The predicted molar refractivity (Wildman–Crippen MR) is 121 cm³/mol. The molecule has 0 aliphatic carbocycles. The van der Waals surface area contributed by atoms with E-state index in [0.717, 1.165) is 38.5 Å². The van der Waals surface area contributed by atoms with E-state index in [1.807, 2.05) is 0 Å². The van der Waals surface area contributed by atoms with Gasteiger partial charge in [0.25, 0.3) is 0 Å². The molecule has 0 heterocycles. The van der Waals surface area contributed by atoms with Gasteiger partial charge in [-0.3, -0.25) is 9.59 Å². The van der Waals surface area contributed by atoms with Gasteiger partial charge in [-0.2, -0.15) is 0 Å². The lowest BCUT2D eigenvalue weighted by molar-refractivity contribution is -0.144. The second-order valence-corrected chi connectivity index (χ2v) is 8.50. The maximum atomic E-state index is 11.9. The van der Waals surface area contributed by atoms with Gasteiger partial charge >= 0.3 is 5.97 Å². The van der Waals surface area contributed by atoms with Crippen molar-refractivity contribution < 1.29 is 19.4 Å². The Morgan fingerprint density at radius 3 is 1.83 bits per heavy atom. The van der Waals surface area contributed by atoms with Gasteiger partial charge in [-0.05, 0) is 31.6 Å². The van der Waals surface area contributed by atoms with Crippen molar-refractivity contribution in [3.63, 3.8) is 0 Å². The van der Waals surface area contributed by atoms with Crippen LogP contribution in [0.4, 0.5) is 0 Å². The lowest BCUT2D eigenvalue weighted by Gasteiger charge is -2.16. The summed E-state index contributed by atoms with van der Waals surface area (Å²) in [6, 6.07) is 0. The van der Waals surface area contributed by atoms with Crippen molar-refractivity contribution in [1.82, 2.24) is 0 Å². The standard InChI is InChI=1S/C25H48O4/c1-3-5-10-15-23(16-11-6-4-2)20-22-29-25(28)19-13-9-7-8-12-17-24(27)18-14-21-26/h23,26H,3-22H2,1-2H3. The fraction of sp³-hybridized carbons (Fsp3) is 0.920. The Hall–Kier alpha value is -0.900. The van der Waals surface area contributed by atoms with Crippen molar-refractivity contribution in [2.45, 2.75) is 129 Å². The quantitative estimate of drug-likeness (QED) is 0.157. The van der Waals surface area contributed by atoms with Gasteiger partial charge in [-0.1, -0.05) is 84.5 Å². The van der Waals surface area contributed by atoms with Crippen LogP contribution in [0.15, 0.2) is 0 Å². The summed E-state index contributed by atoms with van der Waals surface area (Å²) in [6.45, 7) is 5.16. The summed E-state index contributed by atoms with van der Waals surface area (Å²) in [5.41, 5.74) is 0. The zero-order valence-corrected chi connectivity index (χ0v) is 19.4. The molecular weight excluding hydrogens is 364 g/mol. The molecule has 0 rings (SSSR count). The summed E-state index contributed by atoms with van der Waals surface area (Å²) < 4.78 is 5.48. The molecule has 172 valence electrons. The molecule has 0 atom stereocenters. The van der Waals surface area contributed by atoms with E-state index in [4.69, 9.17) is 9.84 Å². The number of ether oxygens (including phenoxy) is 1. The van der Waals surface area contributed by atoms with Gasteiger partial charge in [0.05, 0.1) is 6.61 Å². The molecule has 4 nitrogen and oxygen atoms in total. The molecule has 0 fully saturated rings. The number of hydrogen-bond donors (Lipinski definition) is 1. The van der Waals surface area contributed by atoms with Crippen molar-refractivity contribution in [2.24, 2.45) is 5.92 Å². The topological polar surface area (TPSA) is 63.6 Å². The molecule has 0 saturated heterocycles. The van der Waals surface area contributed by atoms with Crippen LogP contribution >= 0.6 is 0 Å². The highest BCUT2D eigenvalue weighted by molar-refractivity contribution is 5.78. The second kappa shape index (κ2) is 21.8. The van der Waals surface area contributed by atoms with E-state index in [2.05, 4.69) is 13.8 Å². The summed E-state index contributed by atoms with van der Waals surface area (Å²) in [7, 11) is 0. The number of esters is 1. The summed E-state index contributed by atoms with van der Waals surface area (Å²) in [5, 5.41) is 8.71. The van der Waals surface area contributed by atoms with E-state index in [0.29, 0.717) is 38.2 Å². The number of rotatable bonds is 22. The third kappa shape index (κ3) is 20.2. The third-order valence-electron chi connectivity index (χ3n) is 5.67. The van der Waals surface area contributed by atoms with Crippen LogP contribution in [-0.4, -0.2) is 30.1 Å². The number of hydrogen-bond acceptors (Lipinski definition) is 4. The van der Waals surface area contributed by atoms with Crippen LogP contribution in [0.2, 0.25) is 0 Å². The zero-order valence-electron chi connectivity index (χ0n) is 19.4. The molecular formula is C25H48O4. The summed E-state index contributed by atoms with van der Waals surface area (Å²) in [4.78, 5) is 23.4. The van der Waals surface area contributed by atoms with Gasteiger partial charge in [0, 0.05) is 25.9 Å². The molecule has 4 heteroatoms. The lowest BCUT2D eigenvalue weighted by atomic mass is 9.92. The van der Waals surface area contributed by atoms with Crippen molar-refractivity contribution in [1.29, 1.82) is 0 Å². The molecule has 0 spiro atoms. The Balaban J connectivity index is 3.67. The van der Waals surface area contributed by atoms with Crippen LogP contribution in [0.3, 0.4) is 0 Å². The van der Waals surface area contributed by atoms with Crippen LogP contribution in [0.5, 0.6) is 0 Å². The zero-order chi connectivity index (χ0) is 21.6. The van der Waals surface area contributed by atoms with Crippen molar-refractivity contribution in [3.8, 4) is 0 Å². The first-order chi connectivity index (χ1) is 14.1. The number of unbranched alkanes of at least 4 members (excludes halogenated alkanes) is 8. The van der Waals surface area contributed by atoms with Gasteiger partial charge in [0.2, 0.25) is 0 Å². The molecule has 0 aromatic heterocycles. The average molecular weight is 413 g/mol. The van der Waals surface area contributed by atoms with Crippen molar-refractivity contribution in [2.75, 3.05) is 13.2 Å².